The molecule has 0 saturated heterocycles. The van der Waals surface area contributed by atoms with E-state index in [-0.39, 0.29) is 6.54 Å². The molecule has 1 rings (SSSR count). The second-order valence-corrected chi connectivity index (χ2v) is 4.96. The van der Waals surface area contributed by atoms with Crippen molar-refractivity contribution < 1.29 is 9.90 Å². The lowest BCUT2D eigenvalue weighted by molar-refractivity contribution is -0.138. The minimum absolute atomic E-state index is 0.181. The summed E-state index contributed by atoms with van der Waals surface area (Å²) >= 11 is 1.50. The van der Waals surface area contributed by atoms with Crippen LogP contribution in [0.1, 0.15) is 26.7 Å². The number of aliphatic carboxylic acids is 1. The molecule has 0 radical (unpaired) electrons. The minimum Gasteiger partial charge on any atom is -0.480 e. The van der Waals surface area contributed by atoms with Crippen molar-refractivity contribution in [3.8, 4) is 0 Å². The Bertz CT molecular complexity index is 340. The van der Waals surface area contributed by atoms with Crippen molar-refractivity contribution in [2.24, 2.45) is 5.92 Å². The minimum atomic E-state index is -0.934. The molecule has 16 heavy (non-hydrogen) atoms. The SMILES string of the molecule is CC(C)CCCSc1nnnn1CC(=O)O. The van der Waals surface area contributed by atoms with Gasteiger partial charge in [-0.1, -0.05) is 32.0 Å². The van der Waals surface area contributed by atoms with Crippen LogP contribution in [-0.4, -0.2) is 37.0 Å². The fraction of sp³-hybridized carbons (Fsp3) is 0.778. The van der Waals surface area contributed by atoms with Crippen molar-refractivity contribution in [3.05, 3.63) is 0 Å². The molecule has 1 aromatic heterocycles. The maximum Gasteiger partial charge on any atom is 0.325 e. The van der Waals surface area contributed by atoms with Crippen LogP contribution in [0.3, 0.4) is 0 Å². The van der Waals surface area contributed by atoms with Crippen molar-refractivity contribution in [1.29, 1.82) is 0 Å². The molecule has 0 unspecified atom stereocenters. The van der Waals surface area contributed by atoms with E-state index < -0.39 is 5.97 Å². The topological polar surface area (TPSA) is 80.9 Å². The number of carbonyl (C=O) groups is 1. The molecule has 0 aromatic carbocycles. The molecule has 0 aliphatic rings. The second-order valence-electron chi connectivity index (χ2n) is 3.90. The summed E-state index contributed by atoms with van der Waals surface area (Å²) in [5.74, 6) is 0.671. The second kappa shape index (κ2) is 6.47. The molecule has 6 nitrogen and oxygen atoms in total. The Morgan fingerprint density at radius 2 is 2.31 bits per heavy atom. The van der Waals surface area contributed by atoms with Crippen molar-refractivity contribution in [3.63, 3.8) is 0 Å². The summed E-state index contributed by atoms with van der Waals surface area (Å²) < 4.78 is 1.31. The first-order valence-electron chi connectivity index (χ1n) is 5.20. The maximum absolute atomic E-state index is 10.5. The van der Waals surface area contributed by atoms with Crippen LogP contribution in [-0.2, 0) is 11.3 Å². The van der Waals surface area contributed by atoms with Gasteiger partial charge < -0.3 is 5.11 Å². The molecule has 0 fully saturated rings. The van der Waals surface area contributed by atoms with Crippen molar-refractivity contribution in [2.45, 2.75) is 38.4 Å². The van der Waals surface area contributed by atoms with Gasteiger partial charge in [-0.3, -0.25) is 4.79 Å². The lowest BCUT2D eigenvalue weighted by Gasteiger charge is -2.03. The summed E-state index contributed by atoms with van der Waals surface area (Å²) in [6.07, 6.45) is 2.25. The van der Waals surface area contributed by atoms with Gasteiger partial charge in [-0.2, -0.15) is 0 Å². The molecule has 0 bridgehead atoms. The molecular weight excluding hydrogens is 228 g/mol. The summed E-state index contributed by atoms with van der Waals surface area (Å²) in [5.41, 5.74) is 0. The van der Waals surface area contributed by atoms with Gasteiger partial charge in [0.25, 0.3) is 0 Å². The van der Waals surface area contributed by atoms with Gasteiger partial charge in [0.05, 0.1) is 0 Å². The van der Waals surface area contributed by atoms with Crippen LogP contribution >= 0.6 is 11.8 Å². The molecule has 0 saturated carbocycles. The van der Waals surface area contributed by atoms with E-state index in [1.165, 1.54) is 16.4 Å². The molecule has 0 amide bonds. The van der Waals surface area contributed by atoms with Gasteiger partial charge in [-0.05, 0) is 22.8 Å². The molecule has 0 aliphatic carbocycles. The predicted octanol–water partition coefficient (Wildman–Crippen LogP) is 1.29. The first-order valence-corrected chi connectivity index (χ1v) is 6.19. The summed E-state index contributed by atoms with van der Waals surface area (Å²) in [4.78, 5) is 10.5. The zero-order chi connectivity index (χ0) is 12.0. The van der Waals surface area contributed by atoms with Crippen LogP contribution in [0.15, 0.2) is 5.16 Å². The highest BCUT2D eigenvalue weighted by Gasteiger charge is 2.09. The predicted molar refractivity (Wildman–Crippen MR) is 60.2 cm³/mol. The lowest BCUT2D eigenvalue weighted by Crippen LogP contribution is -2.11. The van der Waals surface area contributed by atoms with Crippen molar-refractivity contribution in [1.82, 2.24) is 20.2 Å². The van der Waals surface area contributed by atoms with E-state index >= 15 is 0 Å². The zero-order valence-electron chi connectivity index (χ0n) is 9.46. The lowest BCUT2D eigenvalue weighted by atomic mass is 10.1. The largest absolute Gasteiger partial charge is 0.480 e. The Morgan fingerprint density at radius 1 is 1.56 bits per heavy atom. The summed E-state index contributed by atoms with van der Waals surface area (Å²) in [6, 6.07) is 0. The van der Waals surface area contributed by atoms with E-state index in [0.717, 1.165) is 18.6 Å². The third-order valence-corrected chi connectivity index (χ3v) is 2.98. The number of carboxylic acid groups (broad SMARTS) is 1. The van der Waals surface area contributed by atoms with Gasteiger partial charge in [-0.25, -0.2) is 4.68 Å². The number of carboxylic acids is 1. The van der Waals surface area contributed by atoms with Crippen LogP contribution in [0.25, 0.3) is 0 Å². The van der Waals surface area contributed by atoms with Crippen LogP contribution in [0.2, 0.25) is 0 Å². The van der Waals surface area contributed by atoms with Gasteiger partial charge in [-0.15, -0.1) is 5.10 Å². The molecular formula is C9H16N4O2S. The molecule has 90 valence electrons. The fourth-order valence-corrected chi connectivity index (χ4v) is 2.02. The van der Waals surface area contributed by atoms with Crippen LogP contribution < -0.4 is 0 Å². The number of nitrogens with zero attached hydrogens (tertiary/aromatic N) is 4. The maximum atomic E-state index is 10.5. The van der Waals surface area contributed by atoms with E-state index in [1.54, 1.807) is 0 Å². The Morgan fingerprint density at radius 3 is 2.94 bits per heavy atom. The quantitative estimate of drug-likeness (QED) is 0.575. The highest BCUT2D eigenvalue weighted by molar-refractivity contribution is 7.99. The van der Waals surface area contributed by atoms with Crippen LogP contribution in [0.4, 0.5) is 0 Å². The van der Waals surface area contributed by atoms with Crippen LogP contribution in [0.5, 0.6) is 0 Å². The molecule has 0 spiro atoms. The summed E-state index contributed by atoms with van der Waals surface area (Å²) in [7, 11) is 0. The Kier molecular flexibility index (Phi) is 5.24. The Hall–Kier alpha value is -1.11. The van der Waals surface area contributed by atoms with E-state index in [1.807, 2.05) is 0 Å². The highest BCUT2D eigenvalue weighted by atomic mass is 32.2. The third kappa shape index (κ3) is 4.61. The normalized spacial score (nSPS) is 10.9. The average molecular weight is 244 g/mol. The molecule has 1 heterocycles. The molecule has 1 aromatic rings. The third-order valence-electron chi connectivity index (χ3n) is 1.94. The summed E-state index contributed by atoms with van der Waals surface area (Å²) in [6.45, 7) is 4.18. The number of thioether (sulfide) groups is 1. The summed E-state index contributed by atoms with van der Waals surface area (Å²) in [5, 5.41) is 20.1. The zero-order valence-corrected chi connectivity index (χ0v) is 10.3. The average Bonchev–Trinajstić information content (AvgIpc) is 2.59. The standard InChI is InChI=1S/C9H16N4O2S/c1-7(2)4-3-5-16-9-10-11-12-13(9)6-8(14)15/h7H,3-6H2,1-2H3,(H,14,15). The van der Waals surface area contributed by atoms with Crippen molar-refractivity contribution in [2.75, 3.05) is 5.75 Å². The first kappa shape index (κ1) is 13.0. The first-order chi connectivity index (χ1) is 7.59. The highest BCUT2D eigenvalue weighted by Crippen LogP contribution is 2.16. The molecule has 0 aliphatic heterocycles. The molecule has 0 atom stereocenters. The smallest absolute Gasteiger partial charge is 0.325 e. The van der Waals surface area contributed by atoms with Gasteiger partial charge in [0.1, 0.15) is 6.54 Å². The van der Waals surface area contributed by atoms with E-state index in [9.17, 15) is 4.79 Å². The number of hydrogen-bond donors (Lipinski definition) is 1. The number of hydrogen-bond acceptors (Lipinski definition) is 5. The Labute approximate surface area is 98.4 Å². The van der Waals surface area contributed by atoms with Gasteiger partial charge in [0, 0.05) is 5.75 Å². The number of rotatable bonds is 7. The Balaban J connectivity index is 2.36. The van der Waals surface area contributed by atoms with E-state index in [0.29, 0.717) is 11.1 Å². The van der Waals surface area contributed by atoms with Gasteiger partial charge in [0.15, 0.2) is 0 Å². The van der Waals surface area contributed by atoms with E-state index in [2.05, 4.69) is 29.4 Å². The number of tetrazole rings is 1. The van der Waals surface area contributed by atoms with E-state index in [4.69, 9.17) is 5.11 Å². The van der Waals surface area contributed by atoms with Gasteiger partial charge >= 0.3 is 5.97 Å². The van der Waals surface area contributed by atoms with Crippen LogP contribution in [0, 0.1) is 5.92 Å². The monoisotopic (exact) mass is 244 g/mol. The van der Waals surface area contributed by atoms with Gasteiger partial charge in [0.2, 0.25) is 5.16 Å². The molecule has 7 heteroatoms. The fourth-order valence-electron chi connectivity index (χ4n) is 1.18. The van der Waals surface area contributed by atoms with Crippen molar-refractivity contribution >= 4 is 17.7 Å². The molecule has 1 N–H and O–H groups in total. The number of aromatic nitrogens is 4.